The van der Waals surface area contributed by atoms with Gasteiger partial charge in [0.15, 0.2) is 0 Å². The third-order valence-corrected chi connectivity index (χ3v) is 8.61. The predicted molar refractivity (Wildman–Crippen MR) is 188 cm³/mol. The van der Waals surface area contributed by atoms with E-state index in [4.69, 9.17) is 16.8 Å². The zero-order chi connectivity index (χ0) is 38.2. The minimum Gasteiger partial charge on any atom is -0.456 e. The van der Waals surface area contributed by atoms with Gasteiger partial charge in [-0.3, -0.25) is 0 Å². The molecular weight excluding hydrogens is 548 g/mol. The highest BCUT2D eigenvalue weighted by atomic mass is 16.3. The summed E-state index contributed by atoms with van der Waals surface area (Å²) in [5.74, 6) is 0. The molecule has 0 bridgehead atoms. The molecule has 0 radical (unpaired) electrons. The Morgan fingerprint density at radius 3 is 1.71 bits per heavy atom. The van der Waals surface area contributed by atoms with E-state index in [0.717, 1.165) is 43.7 Å². The summed E-state index contributed by atoms with van der Waals surface area (Å²) >= 11 is 0. The molecule has 0 saturated heterocycles. The lowest BCUT2D eigenvalue weighted by Gasteiger charge is -2.09. The average Bonchev–Trinajstić information content (AvgIpc) is 3.86. The summed E-state index contributed by atoms with van der Waals surface area (Å²) in [7, 11) is 0. The Labute approximate surface area is 272 Å². The fourth-order valence-electron chi connectivity index (χ4n) is 6.66. The molecule has 0 N–H and O–H groups in total. The Balaban J connectivity index is 1.19. The molecule has 7 aromatic carbocycles. The Morgan fingerprint density at radius 2 is 1.02 bits per heavy atom. The van der Waals surface area contributed by atoms with Crippen LogP contribution in [0.5, 0.6) is 0 Å². The molecule has 0 fully saturated rings. The van der Waals surface area contributed by atoms with Crippen molar-refractivity contribution in [3.8, 4) is 22.5 Å². The quantitative estimate of drug-likeness (QED) is 0.203. The molecule has 0 unspecified atom stereocenters. The van der Waals surface area contributed by atoms with E-state index in [1.807, 2.05) is 77.4 Å². The first-order valence-corrected chi connectivity index (χ1v) is 14.5. The Kier molecular flexibility index (Phi) is 3.42. The standard InChI is InChI=1S/C42H26N2O/c1-2-10-29(11-3-1)43-37-15-7-4-12-31(37)35-24-27(18-22-39(35)43)28-19-23-40-36(25-28)32-13-5-8-16-38(32)44(40)30-20-21-34-33-14-6-9-17-41(33)45-42(34)26-30/h1-26H/i1D,2D,3D,6D,10D,11D,14D,17D,21D,26D. The van der Waals surface area contributed by atoms with Gasteiger partial charge in [0.25, 0.3) is 0 Å². The SMILES string of the molecule is [2H]c1cc([2H])c2oc3c([2H])c(-n4c5ccccc5c5cc(-c6ccc7c(c6)c6ccccc6n7-c6c([2H])c([2H])c([2H])c([2H])c6[2H])ccc54)cc([2H])c3c2c1[2H]. The number of rotatable bonds is 3. The van der Waals surface area contributed by atoms with Crippen LogP contribution in [0, 0.1) is 0 Å². The summed E-state index contributed by atoms with van der Waals surface area (Å²) in [5, 5.41) is 3.99. The van der Waals surface area contributed by atoms with E-state index in [-0.39, 0.29) is 69.9 Å². The monoisotopic (exact) mass is 584 g/mol. The molecule has 0 atom stereocenters. The molecule has 3 nitrogen and oxygen atoms in total. The summed E-state index contributed by atoms with van der Waals surface area (Å²) in [6.45, 7) is 0. The number of nitrogens with zero attached hydrogens (tertiary/aromatic N) is 2. The number of fused-ring (bicyclic) bond motifs is 9. The lowest BCUT2D eigenvalue weighted by Crippen LogP contribution is -1.93. The van der Waals surface area contributed by atoms with Crippen molar-refractivity contribution in [2.45, 2.75) is 0 Å². The highest BCUT2D eigenvalue weighted by molar-refractivity contribution is 6.13. The summed E-state index contributed by atoms with van der Waals surface area (Å²) in [6, 6.07) is 28.1. The number of para-hydroxylation sites is 4. The molecule has 10 rings (SSSR count). The van der Waals surface area contributed by atoms with Crippen molar-refractivity contribution >= 4 is 65.6 Å². The number of aromatic nitrogens is 2. The maximum atomic E-state index is 9.31. The molecule has 0 saturated carbocycles. The highest BCUT2D eigenvalue weighted by Gasteiger charge is 2.17. The van der Waals surface area contributed by atoms with E-state index in [9.17, 15) is 1.37 Å². The van der Waals surface area contributed by atoms with Crippen molar-refractivity contribution in [1.82, 2.24) is 9.13 Å². The molecule has 0 amide bonds. The summed E-state index contributed by atoms with van der Waals surface area (Å²) in [6.07, 6.45) is 0. The van der Waals surface area contributed by atoms with Crippen LogP contribution in [0.4, 0.5) is 0 Å². The van der Waals surface area contributed by atoms with Crippen molar-refractivity contribution in [1.29, 1.82) is 0 Å². The lowest BCUT2D eigenvalue weighted by molar-refractivity contribution is 0.668. The van der Waals surface area contributed by atoms with Gasteiger partial charge < -0.3 is 13.6 Å². The third kappa shape index (κ3) is 3.52. The molecule has 3 aromatic heterocycles. The van der Waals surface area contributed by atoms with Crippen molar-refractivity contribution in [3.63, 3.8) is 0 Å². The first-order chi connectivity index (χ1) is 26.5. The van der Waals surface area contributed by atoms with Crippen LogP contribution in [0.2, 0.25) is 0 Å². The number of hydrogen-bond acceptors (Lipinski definition) is 1. The van der Waals surface area contributed by atoms with Crippen molar-refractivity contribution in [3.05, 3.63) is 157 Å². The van der Waals surface area contributed by atoms with Gasteiger partial charge in [0.2, 0.25) is 0 Å². The van der Waals surface area contributed by atoms with Gasteiger partial charge in [-0.05, 0) is 77.8 Å². The molecule has 0 aliphatic heterocycles. The van der Waals surface area contributed by atoms with Crippen LogP contribution in [0.1, 0.15) is 13.7 Å². The first-order valence-electron chi connectivity index (χ1n) is 19.5. The van der Waals surface area contributed by atoms with Crippen molar-refractivity contribution < 1.29 is 18.1 Å². The molecule has 10 aromatic rings. The number of benzene rings is 7. The van der Waals surface area contributed by atoms with Gasteiger partial charge in [0.05, 0.1) is 35.8 Å². The van der Waals surface area contributed by atoms with Gasteiger partial charge in [0, 0.05) is 49.7 Å². The van der Waals surface area contributed by atoms with E-state index in [2.05, 4.69) is 12.1 Å². The maximum absolute atomic E-state index is 9.31. The van der Waals surface area contributed by atoms with E-state index in [1.165, 1.54) is 6.07 Å². The third-order valence-electron chi connectivity index (χ3n) is 8.61. The molecule has 3 heteroatoms. The van der Waals surface area contributed by atoms with Crippen LogP contribution < -0.4 is 0 Å². The molecule has 45 heavy (non-hydrogen) atoms. The fourth-order valence-corrected chi connectivity index (χ4v) is 6.66. The van der Waals surface area contributed by atoms with Crippen molar-refractivity contribution in [2.75, 3.05) is 0 Å². The van der Waals surface area contributed by atoms with E-state index < -0.39 is 18.1 Å². The van der Waals surface area contributed by atoms with Crippen LogP contribution in [-0.4, -0.2) is 9.13 Å². The first kappa shape index (κ1) is 16.7. The molecular formula is C42H26N2O. The summed E-state index contributed by atoms with van der Waals surface area (Å²) < 4.78 is 95.2. The van der Waals surface area contributed by atoms with Crippen LogP contribution in [0.25, 0.3) is 88.1 Å². The van der Waals surface area contributed by atoms with Gasteiger partial charge in [-0.1, -0.05) is 84.8 Å². The van der Waals surface area contributed by atoms with Crippen LogP contribution in [0.15, 0.2) is 162 Å². The summed E-state index contributed by atoms with van der Waals surface area (Å²) in [4.78, 5) is 0. The van der Waals surface area contributed by atoms with E-state index in [0.29, 0.717) is 16.7 Å². The second-order valence-electron chi connectivity index (χ2n) is 11.0. The normalized spacial score (nSPS) is 15.1. The second kappa shape index (κ2) is 9.22. The summed E-state index contributed by atoms with van der Waals surface area (Å²) in [5.41, 5.74) is 5.49. The van der Waals surface area contributed by atoms with Gasteiger partial charge in [0.1, 0.15) is 11.2 Å². The molecule has 0 spiro atoms. The van der Waals surface area contributed by atoms with Crippen LogP contribution in [0.3, 0.4) is 0 Å². The van der Waals surface area contributed by atoms with Gasteiger partial charge in [-0.15, -0.1) is 0 Å². The largest absolute Gasteiger partial charge is 0.456 e. The average molecular weight is 585 g/mol. The fraction of sp³-hybridized carbons (Fsp3) is 0. The smallest absolute Gasteiger partial charge is 0.137 e. The molecule has 0 aliphatic carbocycles. The minimum absolute atomic E-state index is 0.000200. The topological polar surface area (TPSA) is 23.0 Å². The van der Waals surface area contributed by atoms with Crippen LogP contribution >= 0.6 is 0 Å². The number of furan rings is 1. The predicted octanol–water partition coefficient (Wildman–Crippen LogP) is 11.4. The van der Waals surface area contributed by atoms with E-state index >= 15 is 0 Å². The van der Waals surface area contributed by atoms with Gasteiger partial charge in [-0.25, -0.2) is 0 Å². The van der Waals surface area contributed by atoms with Crippen molar-refractivity contribution in [2.24, 2.45) is 0 Å². The van der Waals surface area contributed by atoms with Gasteiger partial charge >= 0.3 is 0 Å². The molecule has 0 aliphatic rings. The second-order valence-corrected chi connectivity index (χ2v) is 11.0. The Bertz CT molecular complexity index is 3310. The number of hydrogen-bond donors (Lipinski definition) is 0. The van der Waals surface area contributed by atoms with E-state index in [1.54, 1.807) is 10.6 Å². The van der Waals surface area contributed by atoms with Gasteiger partial charge in [-0.2, -0.15) is 0 Å². The van der Waals surface area contributed by atoms with Crippen LogP contribution in [-0.2, 0) is 0 Å². The maximum Gasteiger partial charge on any atom is 0.137 e. The Morgan fingerprint density at radius 1 is 0.422 bits per heavy atom. The molecule has 210 valence electrons. The zero-order valence-electron chi connectivity index (χ0n) is 33.5. The molecule has 3 heterocycles. The minimum atomic E-state index is -0.443. The zero-order valence-corrected chi connectivity index (χ0v) is 23.5. The lowest BCUT2D eigenvalue weighted by atomic mass is 10.0. The highest BCUT2D eigenvalue weighted by Crippen LogP contribution is 2.39. The Hall–Kier alpha value is -6.06.